The first-order valence-corrected chi connectivity index (χ1v) is 7.45. The third-order valence-electron chi connectivity index (χ3n) is 3.06. The molecule has 0 aromatic heterocycles. The van der Waals surface area contributed by atoms with E-state index in [0.717, 1.165) is 19.3 Å². The first-order valence-electron chi connectivity index (χ1n) is 6.01. The predicted molar refractivity (Wildman–Crippen MR) is 65.2 cm³/mol. The summed E-state index contributed by atoms with van der Waals surface area (Å²) in [6, 6.07) is -1.41. The molecule has 18 heavy (non-hydrogen) atoms. The van der Waals surface area contributed by atoms with Gasteiger partial charge in [0, 0.05) is 19.2 Å². The molecule has 8 heteroatoms. The van der Waals surface area contributed by atoms with Crippen molar-refractivity contribution in [3.63, 3.8) is 0 Å². The molecule has 0 spiro atoms. The molecule has 7 nitrogen and oxygen atoms in total. The molecule has 1 aliphatic heterocycles. The van der Waals surface area contributed by atoms with Gasteiger partial charge in [-0.25, -0.2) is 0 Å². The molecule has 0 saturated carbocycles. The van der Waals surface area contributed by atoms with Crippen LogP contribution in [0.15, 0.2) is 0 Å². The van der Waals surface area contributed by atoms with Crippen LogP contribution < -0.4 is 4.72 Å². The van der Waals surface area contributed by atoms with Crippen molar-refractivity contribution in [2.75, 3.05) is 13.2 Å². The van der Waals surface area contributed by atoms with Crippen molar-refractivity contribution in [2.24, 2.45) is 0 Å². The van der Waals surface area contributed by atoms with Gasteiger partial charge in [0.2, 0.25) is 0 Å². The second kappa shape index (κ2) is 6.46. The van der Waals surface area contributed by atoms with Gasteiger partial charge in [0.15, 0.2) is 0 Å². The third-order valence-corrected chi connectivity index (χ3v) is 4.80. The lowest BCUT2D eigenvalue weighted by Gasteiger charge is -2.33. The monoisotopic (exact) mass is 280 g/mol. The number of aliphatic hydroxyl groups is 1. The average molecular weight is 280 g/mol. The summed E-state index contributed by atoms with van der Waals surface area (Å²) in [6.45, 7) is 1.83. The molecule has 0 amide bonds. The minimum atomic E-state index is -3.81. The zero-order valence-electron chi connectivity index (χ0n) is 10.4. The van der Waals surface area contributed by atoms with Crippen LogP contribution in [-0.2, 0) is 15.0 Å². The van der Waals surface area contributed by atoms with Crippen LogP contribution in [-0.4, -0.2) is 54.1 Å². The van der Waals surface area contributed by atoms with Gasteiger partial charge < -0.3 is 10.2 Å². The number of aliphatic hydroxyl groups excluding tert-OH is 1. The van der Waals surface area contributed by atoms with Crippen LogP contribution in [0, 0.1) is 0 Å². The molecular formula is C10H20N2O5S. The molecule has 0 aromatic carbocycles. The summed E-state index contributed by atoms with van der Waals surface area (Å²) in [5, 5.41) is 17.6. The fourth-order valence-electron chi connectivity index (χ4n) is 2.04. The fraction of sp³-hybridized carbons (Fsp3) is 0.900. The Kier molecular flexibility index (Phi) is 5.51. The minimum absolute atomic E-state index is 0.125. The molecule has 1 saturated heterocycles. The summed E-state index contributed by atoms with van der Waals surface area (Å²) in [5.74, 6) is -1.28. The van der Waals surface area contributed by atoms with E-state index in [-0.39, 0.29) is 19.1 Å². The summed E-state index contributed by atoms with van der Waals surface area (Å²) < 4.78 is 27.5. The number of hydrogen-bond donors (Lipinski definition) is 3. The first-order chi connectivity index (χ1) is 8.38. The fourth-order valence-corrected chi connectivity index (χ4v) is 3.70. The summed E-state index contributed by atoms with van der Waals surface area (Å²) in [7, 11) is -3.81. The van der Waals surface area contributed by atoms with E-state index in [1.165, 1.54) is 4.31 Å². The molecule has 1 heterocycles. The Balaban J connectivity index is 2.75. The van der Waals surface area contributed by atoms with Gasteiger partial charge in [-0.1, -0.05) is 6.42 Å². The van der Waals surface area contributed by atoms with Gasteiger partial charge in [-0.15, -0.1) is 0 Å². The van der Waals surface area contributed by atoms with Gasteiger partial charge >= 0.3 is 5.97 Å². The normalized spacial score (nSPS) is 23.8. The number of rotatable bonds is 6. The smallest absolute Gasteiger partial charge is 0.321 e. The van der Waals surface area contributed by atoms with Crippen LogP contribution in [0.2, 0.25) is 0 Å². The number of piperidine rings is 1. The Morgan fingerprint density at radius 2 is 2.17 bits per heavy atom. The molecule has 0 aromatic rings. The van der Waals surface area contributed by atoms with E-state index in [1.54, 1.807) is 6.92 Å². The van der Waals surface area contributed by atoms with Gasteiger partial charge in [-0.05, 0) is 26.2 Å². The molecule has 106 valence electrons. The van der Waals surface area contributed by atoms with Gasteiger partial charge in [-0.3, -0.25) is 4.79 Å². The topological polar surface area (TPSA) is 107 Å². The van der Waals surface area contributed by atoms with E-state index in [9.17, 15) is 13.2 Å². The number of aliphatic carboxylic acids is 1. The molecule has 0 aliphatic carbocycles. The maximum atomic E-state index is 12.1. The zero-order chi connectivity index (χ0) is 13.8. The first kappa shape index (κ1) is 15.4. The van der Waals surface area contributed by atoms with E-state index < -0.39 is 22.2 Å². The standard InChI is InChI=1S/C10H20N2O5S/c1-8-4-2-3-6-12(8)18(16,17)11-9(5-7-13)10(14)15/h8-9,11,13H,2-7H2,1H3,(H,14,15)/t8?,9-/m1/s1. The quantitative estimate of drug-likeness (QED) is 0.610. The van der Waals surface area contributed by atoms with Crippen molar-refractivity contribution in [2.45, 2.75) is 44.7 Å². The lowest BCUT2D eigenvalue weighted by molar-refractivity contribution is -0.139. The second-order valence-electron chi connectivity index (χ2n) is 4.48. The Morgan fingerprint density at radius 3 is 2.67 bits per heavy atom. The van der Waals surface area contributed by atoms with Crippen LogP contribution in [0.1, 0.15) is 32.6 Å². The Labute approximate surface area is 107 Å². The van der Waals surface area contributed by atoms with Gasteiger partial charge in [0.05, 0.1) is 0 Å². The number of hydrogen-bond acceptors (Lipinski definition) is 4. The van der Waals surface area contributed by atoms with Crippen molar-refractivity contribution >= 4 is 16.2 Å². The van der Waals surface area contributed by atoms with E-state index in [4.69, 9.17) is 10.2 Å². The van der Waals surface area contributed by atoms with Crippen LogP contribution in [0.3, 0.4) is 0 Å². The minimum Gasteiger partial charge on any atom is -0.480 e. The third kappa shape index (κ3) is 3.91. The molecule has 1 unspecified atom stereocenters. The summed E-state index contributed by atoms with van der Waals surface area (Å²) in [5.41, 5.74) is 0. The van der Waals surface area contributed by atoms with Gasteiger partial charge in [0.25, 0.3) is 10.2 Å². The van der Waals surface area contributed by atoms with Gasteiger partial charge in [-0.2, -0.15) is 17.4 Å². The lowest BCUT2D eigenvalue weighted by atomic mass is 10.1. The summed E-state index contributed by atoms with van der Waals surface area (Å²) in [4.78, 5) is 10.9. The van der Waals surface area contributed by atoms with Crippen molar-refractivity contribution in [3.8, 4) is 0 Å². The van der Waals surface area contributed by atoms with E-state index in [1.807, 2.05) is 0 Å². The second-order valence-corrected chi connectivity index (χ2v) is 6.14. The molecule has 1 rings (SSSR count). The number of nitrogens with zero attached hydrogens (tertiary/aromatic N) is 1. The maximum Gasteiger partial charge on any atom is 0.321 e. The number of carboxylic acids is 1. The predicted octanol–water partition coefficient (Wildman–Crippen LogP) is -0.469. The van der Waals surface area contributed by atoms with Crippen molar-refractivity contribution in [1.82, 2.24) is 9.03 Å². The highest BCUT2D eigenvalue weighted by atomic mass is 32.2. The van der Waals surface area contributed by atoms with Gasteiger partial charge in [0.1, 0.15) is 6.04 Å². The van der Waals surface area contributed by atoms with Crippen molar-refractivity contribution in [3.05, 3.63) is 0 Å². The molecular weight excluding hydrogens is 260 g/mol. The molecule has 0 radical (unpaired) electrons. The highest BCUT2D eigenvalue weighted by Crippen LogP contribution is 2.19. The Bertz CT molecular complexity index is 384. The lowest BCUT2D eigenvalue weighted by Crippen LogP contribution is -2.52. The zero-order valence-corrected chi connectivity index (χ0v) is 11.2. The highest BCUT2D eigenvalue weighted by molar-refractivity contribution is 7.87. The maximum absolute atomic E-state index is 12.1. The highest BCUT2D eigenvalue weighted by Gasteiger charge is 2.32. The summed E-state index contributed by atoms with van der Waals surface area (Å²) >= 11 is 0. The van der Waals surface area contributed by atoms with E-state index >= 15 is 0 Å². The van der Waals surface area contributed by atoms with Crippen LogP contribution in [0.5, 0.6) is 0 Å². The Morgan fingerprint density at radius 1 is 1.50 bits per heavy atom. The van der Waals surface area contributed by atoms with Crippen LogP contribution in [0.25, 0.3) is 0 Å². The number of carbonyl (C=O) groups is 1. The number of carboxylic acid groups (broad SMARTS) is 1. The number of nitrogens with one attached hydrogen (secondary N) is 1. The Hall–Kier alpha value is -0.700. The van der Waals surface area contributed by atoms with Crippen molar-refractivity contribution < 1.29 is 23.4 Å². The van der Waals surface area contributed by atoms with Crippen LogP contribution in [0.4, 0.5) is 0 Å². The van der Waals surface area contributed by atoms with E-state index in [2.05, 4.69) is 4.72 Å². The van der Waals surface area contributed by atoms with Crippen molar-refractivity contribution in [1.29, 1.82) is 0 Å². The molecule has 1 fully saturated rings. The largest absolute Gasteiger partial charge is 0.480 e. The SMILES string of the molecule is CC1CCCCN1S(=O)(=O)N[C@H](CCO)C(=O)O. The molecule has 0 bridgehead atoms. The van der Waals surface area contributed by atoms with E-state index in [0.29, 0.717) is 6.54 Å². The van der Waals surface area contributed by atoms with Crippen LogP contribution >= 0.6 is 0 Å². The molecule has 2 atom stereocenters. The molecule has 1 aliphatic rings. The summed E-state index contributed by atoms with van der Waals surface area (Å²) in [6.07, 6.45) is 2.39. The molecule has 3 N–H and O–H groups in total. The average Bonchev–Trinajstić information content (AvgIpc) is 2.28.